The van der Waals surface area contributed by atoms with E-state index < -0.39 is 11.7 Å². The fourth-order valence-corrected chi connectivity index (χ4v) is 2.50. The third kappa shape index (κ3) is 3.75. The number of nitrogens with zero attached hydrogens (tertiary/aromatic N) is 3. The first kappa shape index (κ1) is 15.2. The highest BCUT2D eigenvalue weighted by Crippen LogP contribution is 2.21. The highest BCUT2D eigenvalue weighted by Gasteiger charge is 2.13. The Labute approximate surface area is 134 Å². The molecule has 3 aromatic rings. The molecule has 0 aliphatic rings. The van der Waals surface area contributed by atoms with E-state index in [1.54, 1.807) is 19.1 Å². The molecule has 120 valence electrons. The molecule has 0 fully saturated rings. The van der Waals surface area contributed by atoms with Gasteiger partial charge in [0.05, 0.1) is 23.5 Å². The summed E-state index contributed by atoms with van der Waals surface area (Å²) in [5.74, 6) is -0.358. The van der Waals surface area contributed by atoms with Crippen LogP contribution in [0, 0.1) is 6.92 Å². The summed E-state index contributed by atoms with van der Waals surface area (Å²) in [5, 5.41) is 9.61. The van der Waals surface area contributed by atoms with Crippen LogP contribution in [0.2, 0.25) is 0 Å². The Kier molecular flexibility index (Phi) is 4.38. The molecule has 0 atom stereocenters. The summed E-state index contributed by atoms with van der Waals surface area (Å²) in [6.07, 6.45) is 0.00341. The number of aryl methyl sites for hydroxylation is 2. The number of hydrogen-bond donors (Lipinski definition) is 0. The maximum absolute atomic E-state index is 11.7. The van der Waals surface area contributed by atoms with E-state index in [1.807, 2.05) is 11.4 Å². The lowest BCUT2D eigenvalue weighted by Gasteiger charge is -2.01. The molecule has 3 rings (SSSR count). The van der Waals surface area contributed by atoms with Crippen molar-refractivity contribution >= 4 is 17.3 Å². The van der Waals surface area contributed by atoms with Crippen molar-refractivity contribution < 1.29 is 18.5 Å². The number of thiophene rings is 1. The van der Waals surface area contributed by atoms with E-state index in [2.05, 4.69) is 10.3 Å². The van der Waals surface area contributed by atoms with Gasteiger partial charge < -0.3 is 13.7 Å². The molecule has 23 heavy (non-hydrogen) atoms. The Morgan fingerprint density at radius 2 is 2.35 bits per heavy atom. The maximum Gasteiger partial charge on any atom is 0.437 e. The number of carbonyl (C=O) groups is 1. The van der Waals surface area contributed by atoms with Crippen molar-refractivity contribution in [1.82, 2.24) is 14.9 Å². The average molecular weight is 335 g/mol. The van der Waals surface area contributed by atoms with Crippen molar-refractivity contribution in [3.8, 4) is 10.8 Å². The van der Waals surface area contributed by atoms with Crippen LogP contribution in [-0.2, 0) is 22.7 Å². The van der Waals surface area contributed by atoms with Gasteiger partial charge in [0.25, 0.3) is 5.89 Å². The van der Waals surface area contributed by atoms with Gasteiger partial charge in [-0.3, -0.25) is 4.79 Å². The zero-order valence-electron chi connectivity index (χ0n) is 12.2. The maximum atomic E-state index is 11.7. The second kappa shape index (κ2) is 6.61. The standard InChI is InChI=1S/C14H13N3O5S/c1-9-7-10(22-16-9)8-20-12(18)4-5-17-14(19)21-13(15-17)11-3-2-6-23-11/h2-3,6-7H,4-5,8H2,1H3. The van der Waals surface area contributed by atoms with Gasteiger partial charge >= 0.3 is 11.7 Å². The van der Waals surface area contributed by atoms with Crippen molar-refractivity contribution in [1.29, 1.82) is 0 Å². The summed E-state index contributed by atoms with van der Waals surface area (Å²) in [6.45, 7) is 1.87. The summed E-state index contributed by atoms with van der Waals surface area (Å²) in [5.41, 5.74) is 0.714. The highest BCUT2D eigenvalue weighted by atomic mass is 32.1. The molecule has 0 aliphatic carbocycles. The number of hydrogen-bond acceptors (Lipinski definition) is 8. The van der Waals surface area contributed by atoms with Crippen LogP contribution in [-0.4, -0.2) is 20.9 Å². The van der Waals surface area contributed by atoms with Crippen LogP contribution in [0.3, 0.4) is 0 Å². The van der Waals surface area contributed by atoms with Crippen LogP contribution in [0.5, 0.6) is 0 Å². The SMILES string of the molecule is Cc1cc(COC(=O)CCn2nc(-c3cccs3)oc2=O)on1. The molecule has 0 aromatic carbocycles. The Bertz CT molecular complexity index is 846. The lowest BCUT2D eigenvalue weighted by Crippen LogP contribution is -2.18. The molecule has 3 heterocycles. The van der Waals surface area contributed by atoms with Gasteiger partial charge in [0, 0.05) is 6.07 Å². The topological polar surface area (TPSA) is 100 Å². The fraction of sp³-hybridized carbons (Fsp3) is 0.286. The number of aromatic nitrogens is 3. The van der Waals surface area contributed by atoms with Crippen LogP contribution in [0.15, 0.2) is 37.3 Å². The molecule has 9 heteroatoms. The van der Waals surface area contributed by atoms with Gasteiger partial charge in [-0.25, -0.2) is 4.79 Å². The van der Waals surface area contributed by atoms with Crippen LogP contribution in [0.25, 0.3) is 10.8 Å². The Morgan fingerprint density at radius 3 is 3.04 bits per heavy atom. The minimum absolute atomic E-state index is 0.00341. The van der Waals surface area contributed by atoms with Crippen LogP contribution in [0.1, 0.15) is 17.9 Å². The first-order valence-corrected chi connectivity index (χ1v) is 7.69. The van der Waals surface area contributed by atoms with Crippen molar-refractivity contribution in [2.45, 2.75) is 26.5 Å². The van der Waals surface area contributed by atoms with E-state index in [1.165, 1.54) is 11.3 Å². The molecule has 3 aromatic heterocycles. The van der Waals surface area contributed by atoms with Crippen molar-refractivity contribution in [3.63, 3.8) is 0 Å². The predicted molar refractivity (Wildman–Crippen MR) is 79.7 cm³/mol. The molecule has 0 saturated heterocycles. The van der Waals surface area contributed by atoms with Gasteiger partial charge in [-0.15, -0.1) is 16.4 Å². The molecule has 0 saturated carbocycles. The highest BCUT2D eigenvalue weighted by molar-refractivity contribution is 7.13. The van der Waals surface area contributed by atoms with E-state index in [4.69, 9.17) is 13.7 Å². The zero-order chi connectivity index (χ0) is 16.2. The fourth-order valence-electron chi connectivity index (χ4n) is 1.85. The van der Waals surface area contributed by atoms with E-state index in [9.17, 15) is 9.59 Å². The minimum Gasteiger partial charge on any atom is -0.457 e. The van der Waals surface area contributed by atoms with Gasteiger partial charge in [-0.05, 0) is 18.4 Å². The van der Waals surface area contributed by atoms with Crippen LogP contribution >= 0.6 is 11.3 Å². The van der Waals surface area contributed by atoms with Crippen molar-refractivity contribution in [3.05, 3.63) is 45.6 Å². The molecule has 0 unspecified atom stereocenters. The average Bonchev–Trinajstić information content (AvgIpc) is 3.24. The predicted octanol–water partition coefficient (Wildman–Crippen LogP) is 1.99. The summed E-state index contributed by atoms with van der Waals surface area (Å²) in [4.78, 5) is 24.1. The third-order valence-corrected chi connectivity index (χ3v) is 3.78. The minimum atomic E-state index is -0.605. The monoisotopic (exact) mass is 335 g/mol. The Balaban J connectivity index is 1.54. The molecular weight excluding hydrogens is 322 g/mol. The first-order chi connectivity index (χ1) is 11.1. The van der Waals surface area contributed by atoms with Gasteiger partial charge in [0.15, 0.2) is 12.4 Å². The Hall–Kier alpha value is -2.68. The molecule has 0 radical (unpaired) electrons. The van der Waals surface area contributed by atoms with Gasteiger partial charge in [0.2, 0.25) is 0 Å². The summed E-state index contributed by atoms with van der Waals surface area (Å²) < 4.78 is 16.1. The number of carbonyl (C=O) groups excluding carboxylic acids is 1. The van der Waals surface area contributed by atoms with Gasteiger partial charge in [-0.1, -0.05) is 11.2 Å². The zero-order valence-corrected chi connectivity index (χ0v) is 13.0. The number of rotatable bonds is 6. The lowest BCUT2D eigenvalue weighted by atomic mass is 10.4. The van der Waals surface area contributed by atoms with E-state index >= 15 is 0 Å². The number of esters is 1. The number of ether oxygens (including phenoxy) is 1. The lowest BCUT2D eigenvalue weighted by molar-refractivity contribution is -0.145. The largest absolute Gasteiger partial charge is 0.457 e. The quantitative estimate of drug-likeness (QED) is 0.635. The molecule has 8 nitrogen and oxygen atoms in total. The molecule has 0 amide bonds. The molecular formula is C14H13N3O5S. The van der Waals surface area contributed by atoms with Crippen LogP contribution < -0.4 is 5.76 Å². The van der Waals surface area contributed by atoms with Gasteiger partial charge in [0.1, 0.15) is 0 Å². The summed E-state index contributed by atoms with van der Waals surface area (Å²) in [6, 6.07) is 5.32. The van der Waals surface area contributed by atoms with E-state index in [0.29, 0.717) is 11.5 Å². The van der Waals surface area contributed by atoms with Gasteiger partial charge in [-0.2, -0.15) is 4.68 Å². The first-order valence-electron chi connectivity index (χ1n) is 6.81. The molecule has 0 aliphatic heterocycles. The van der Waals surface area contributed by atoms with Crippen LogP contribution in [0.4, 0.5) is 0 Å². The Morgan fingerprint density at radius 1 is 1.48 bits per heavy atom. The second-order valence-corrected chi connectivity index (χ2v) is 5.67. The van der Waals surface area contributed by atoms with E-state index in [-0.39, 0.29) is 25.5 Å². The van der Waals surface area contributed by atoms with Crippen molar-refractivity contribution in [2.75, 3.05) is 0 Å². The third-order valence-electron chi connectivity index (χ3n) is 2.92. The van der Waals surface area contributed by atoms with Crippen molar-refractivity contribution in [2.24, 2.45) is 0 Å². The second-order valence-electron chi connectivity index (χ2n) is 4.72. The molecule has 0 N–H and O–H groups in total. The molecule has 0 spiro atoms. The smallest absolute Gasteiger partial charge is 0.437 e. The molecule has 0 bridgehead atoms. The normalized spacial score (nSPS) is 10.8. The van der Waals surface area contributed by atoms with E-state index in [0.717, 1.165) is 9.56 Å². The summed E-state index contributed by atoms with van der Waals surface area (Å²) >= 11 is 1.41. The summed E-state index contributed by atoms with van der Waals surface area (Å²) in [7, 11) is 0.